The van der Waals surface area contributed by atoms with E-state index in [0.29, 0.717) is 5.58 Å². The molecule has 16 heavy (non-hydrogen) atoms. The summed E-state index contributed by atoms with van der Waals surface area (Å²) in [5, 5.41) is 0.913. The number of nitrogens with one attached hydrogen (secondary N) is 1. The van der Waals surface area contributed by atoms with E-state index >= 15 is 0 Å². The first kappa shape index (κ1) is 11.2. The Labute approximate surface area is 101 Å². The number of halogens is 1. The van der Waals surface area contributed by atoms with Crippen LogP contribution < -0.4 is 5.48 Å². The van der Waals surface area contributed by atoms with E-state index in [9.17, 15) is 4.79 Å². The van der Waals surface area contributed by atoms with E-state index in [2.05, 4.69) is 26.2 Å². The number of rotatable bonds is 2. The van der Waals surface area contributed by atoms with Gasteiger partial charge in [0, 0.05) is 15.4 Å². The van der Waals surface area contributed by atoms with Crippen LogP contribution in [0.25, 0.3) is 11.0 Å². The van der Waals surface area contributed by atoms with Gasteiger partial charge >= 0.3 is 5.91 Å². The standard InChI is InChI=1S/C11H10BrNO3/c1-6-8-5-7(12)3-4-9(8)16-10(6)11(14)13-15-2/h3-5H,1-2H3,(H,13,14). The van der Waals surface area contributed by atoms with Gasteiger partial charge in [0.25, 0.3) is 0 Å². The van der Waals surface area contributed by atoms with E-state index in [0.717, 1.165) is 15.4 Å². The molecule has 1 aromatic carbocycles. The van der Waals surface area contributed by atoms with E-state index < -0.39 is 0 Å². The van der Waals surface area contributed by atoms with E-state index in [1.807, 2.05) is 25.1 Å². The third kappa shape index (κ3) is 1.83. The molecule has 0 aliphatic heterocycles. The van der Waals surface area contributed by atoms with Crippen molar-refractivity contribution in [1.29, 1.82) is 0 Å². The molecule has 1 N–H and O–H groups in total. The molecular weight excluding hydrogens is 274 g/mol. The highest BCUT2D eigenvalue weighted by Crippen LogP contribution is 2.27. The molecule has 0 bridgehead atoms. The summed E-state index contributed by atoms with van der Waals surface area (Å²) < 4.78 is 6.40. The zero-order valence-electron chi connectivity index (χ0n) is 8.83. The largest absolute Gasteiger partial charge is 0.451 e. The maximum atomic E-state index is 11.6. The van der Waals surface area contributed by atoms with Gasteiger partial charge in [0.2, 0.25) is 0 Å². The summed E-state index contributed by atoms with van der Waals surface area (Å²) in [6.07, 6.45) is 0. The molecule has 2 rings (SSSR count). The lowest BCUT2D eigenvalue weighted by molar-refractivity contribution is 0.0511. The molecule has 0 aliphatic carbocycles. The van der Waals surface area contributed by atoms with Gasteiger partial charge in [0.1, 0.15) is 5.58 Å². The minimum Gasteiger partial charge on any atom is -0.451 e. The van der Waals surface area contributed by atoms with Crippen molar-refractivity contribution in [2.24, 2.45) is 0 Å². The number of hydrogen-bond acceptors (Lipinski definition) is 3. The predicted molar refractivity (Wildman–Crippen MR) is 63.1 cm³/mol. The van der Waals surface area contributed by atoms with Crippen LogP contribution in [-0.4, -0.2) is 13.0 Å². The maximum Gasteiger partial charge on any atom is 0.310 e. The van der Waals surface area contributed by atoms with Crippen LogP contribution in [0.1, 0.15) is 16.1 Å². The van der Waals surface area contributed by atoms with Gasteiger partial charge < -0.3 is 4.42 Å². The third-order valence-electron chi connectivity index (χ3n) is 2.30. The highest BCUT2D eigenvalue weighted by atomic mass is 79.9. The zero-order chi connectivity index (χ0) is 11.7. The number of hydrogen-bond donors (Lipinski definition) is 1. The van der Waals surface area contributed by atoms with Gasteiger partial charge in [-0.3, -0.25) is 9.63 Å². The summed E-state index contributed by atoms with van der Waals surface area (Å²) in [6, 6.07) is 5.59. The molecule has 84 valence electrons. The van der Waals surface area contributed by atoms with E-state index in [1.165, 1.54) is 7.11 Å². The third-order valence-corrected chi connectivity index (χ3v) is 2.79. The Kier molecular flexibility index (Phi) is 2.98. The van der Waals surface area contributed by atoms with Crippen LogP contribution in [0.2, 0.25) is 0 Å². The first-order valence-corrected chi connectivity index (χ1v) is 5.44. The number of hydroxylamine groups is 1. The molecule has 0 spiro atoms. The highest BCUT2D eigenvalue weighted by Gasteiger charge is 2.17. The molecule has 0 radical (unpaired) electrons. The van der Waals surface area contributed by atoms with Crippen LogP contribution >= 0.6 is 15.9 Å². The van der Waals surface area contributed by atoms with Crippen LogP contribution in [0, 0.1) is 6.92 Å². The van der Waals surface area contributed by atoms with Gasteiger partial charge in [0.15, 0.2) is 5.76 Å². The topological polar surface area (TPSA) is 51.5 Å². The molecule has 0 saturated heterocycles. The summed E-state index contributed by atoms with van der Waals surface area (Å²) in [7, 11) is 1.38. The molecule has 1 heterocycles. The second kappa shape index (κ2) is 4.27. The number of carbonyl (C=O) groups excluding carboxylic acids is 1. The monoisotopic (exact) mass is 283 g/mol. The quantitative estimate of drug-likeness (QED) is 0.863. The van der Waals surface area contributed by atoms with Gasteiger partial charge in [-0.15, -0.1) is 0 Å². The van der Waals surface area contributed by atoms with Gasteiger partial charge in [0.05, 0.1) is 7.11 Å². The van der Waals surface area contributed by atoms with Crippen LogP contribution in [0.15, 0.2) is 27.1 Å². The van der Waals surface area contributed by atoms with E-state index in [4.69, 9.17) is 4.42 Å². The van der Waals surface area contributed by atoms with Crippen molar-refractivity contribution in [3.8, 4) is 0 Å². The number of benzene rings is 1. The Bertz CT molecular complexity index is 547. The second-order valence-corrected chi connectivity index (χ2v) is 4.25. The van der Waals surface area contributed by atoms with Crippen molar-refractivity contribution >= 4 is 32.8 Å². The molecule has 2 aromatic rings. The molecule has 1 aromatic heterocycles. The van der Waals surface area contributed by atoms with Crippen molar-refractivity contribution in [3.63, 3.8) is 0 Å². The van der Waals surface area contributed by atoms with Gasteiger partial charge in [-0.2, -0.15) is 0 Å². The number of amides is 1. The van der Waals surface area contributed by atoms with Crippen LogP contribution in [-0.2, 0) is 4.84 Å². The van der Waals surface area contributed by atoms with Crippen molar-refractivity contribution < 1.29 is 14.0 Å². The first-order valence-electron chi connectivity index (χ1n) is 4.65. The fourth-order valence-electron chi connectivity index (χ4n) is 1.55. The fraction of sp³-hybridized carbons (Fsp3) is 0.182. The van der Waals surface area contributed by atoms with Gasteiger partial charge in [-0.05, 0) is 25.1 Å². The Balaban J connectivity index is 2.56. The molecule has 1 amide bonds. The molecule has 0 atom stereocenters. The molecule has 0 fully saturated rings. The van der Waals surface area contributed by atoms with Crippen molar-refractivity contribution in [2.75, 3.05) is 7.11 Å². The van der Waals surface area contributed by atoms with Crippen molar-refractivity contribution in [2.45, 2.75) is 6.92 Å². The summed E-state index contributed by atoms with van der Waals surface area (Å²) in [6.45, 7) is 1.84. The SMILES string of the molecule is CONC(=O)c1oc2ccc(Br)cc2c1C. The van der Waals surface area contributed by atoms with Gasteiger partial charge in [-0.25, -0.2) is 5.48 Å². The highest BCUT2D eigenvalue weighted by molar-refractivity contribution is 9.10. The molecule has 0 unspecified atom stereocenters. The number of carbonyl (C=O) groups is 1. The smallest absolute Gasteiger partial charge is 0.310 e. The maximum absolute atomic E-state index is 11.6. The zero-order valence-corrected chi connectivity index (χ0v) is 10.4. The van der Waals surface area contributed by atoms with Gasteiger partial charge in [-0.1, -0.05) is 15.9 Å². The lowest BCUT2D eigenvalue weighted by Gasteiger charge is -1.98. The van der Waals surface area contributed by atoms with Crippen molar-refractivity contribution in [1.82, 2.24) is 5.48 Å². The first-order chi connectivity index (χ1) is 7.63. The average Bonchev–Trinajstić information content (AvgIpc) is 2.57. The van der Waals surface area contributed by atoms with E-state index in [-0.39, 0.29) is 11.7 Å². The lowest BCUT2D eigenvalue weighted by atomic mass is 10.1. The minimum atomic E-state index is -0.382. The number of fused-ring (bicyclic) bond motifs is 1. The van der Waals surface area contributed by atoms with Crippen LogP contribution in [0.4, 0.5) is 0 Å². The summed E-state index contributed by atoms with van der Waals surface area (Å²) >= 11 is 3.38. The molecule has 4 nitrogen and oxygen atoms in total. The van der Waals surface area contributed by atoms with E-state index in [1.54, 1.807) is 0 Å². The average molecular weight is 284 g/mol. The van der Waals surface area contributed by atoms with Crippen LogP contribution in [0.3, 0.4) is 0 Å². The Morgan fingerprint density at radius 2 is 2.25 bits per heavy atom. The Hall–Kier alpha value is -1.33. The molecule has 0 saturated carbocycles. The second-order valence-electron chi connectivity index (χ2n) is 3.33. The predicted octanol–water partition coefficient (Wildman–Crippen LogP) is 2.79. The number of furan rings is 1. The Morgan fingerprint density at radius 3 is 2.94 bits per heavy atom. The molecule has 0 aliphatic rings. The number of aryl methyl sites for hydroxylation is 1. The minimum absolute atomic E-state index is 0.273. The summed E-state index contributed by atoms with van der Waals surface area (Å²) in [4.78, 5) is 16.1. The molecular formula is C11H10BrNO3. The Morgan fingerprint density at radius 1 is 1.50 bits per heavy atom. The van der Waals surface area contributed by atoms with Crippen molar-refractivity contribution in [3.05, 3.63) is 34.0 Å². The lowest BCUT2D eigenvalue weighted by Crippen LogP contribution is -2.21. The summed E-state index contributed by atoms with van der Waals surface area (Å²) in [5.74, 6) is -0.109. The normalized spacial score (nSPS) is 10.7. The fourth-order valence-corrected chi connectivity index (χ4v) is 1.91. The molecule has 5 heteroatoms. The summed E-state index contributed by atoms with van der Waals surface area (Å²) in [5.41, 5.74) is 3.71. The van der Waals surface area contributed by atoms with Crippen LogP contribution in [0.5, 0.6) is 0 Å².